The molecule has 20 heavy (non-hydrogen) atoms. The summed E-state index contributed by atoms with van der Waals surface area (Å²) in [5.41, 5.74) is 9.55. The average Bonchev–Trinajstić information content (AvgIpc) is 2.82. The van der Waals surface area contributed by atoms with E-state index in [1.165, 1.54) is 5.56 Å². The minimum absolute atomic E-state index is 0.504. The van der Waals surface area contributed by atoms with Crippen molar-refractivity contribution in [2.45, 2.75) is 20.3 Å². The Kier molecular flexibility index (Phi) is 3.02. The SMILES string of the molecule is CCc1ccc(Oc2nccn3nc(C)cc23)c(N)c1. The van der Waals surface area contributed by atoms with Crippen LogP contribution < -0.4 is 10.5 Å². The number of aromatic nitrogens is 3. The summed E-state index contributed by atoms with van der Waals surface area (Å²) in [6, 6.07) is 7.74. The first-order valence-electron chi connectivity index (χ1n) is 6.54. The minimum Gasteiger partial charge on any atom is -0.435 e. The molecule has 0 aliphatic heterocycles. The van der Waals surface area contributed by atoms with E-state index in [4.69, 9.17) is 10.5 Å². The van der Waals surface area contributed by atoms with Gasteiger partial charge in [0.2, 0.25) is 5.88 Å². The van der Waals surface area contributed by atoms with Crippen LogP contribution in [0.25, 0.3) is 5.52 Å². The van der Waals surface area contributed by atoms with Crippen LogP contribution in [0.5, 0.6) is 11.6 Å². The van der Waals surface area contributed by atoms with Gasteiger partial charge in [-0.25, -0.2) is 9.50 Å². The van der Waals surface area contributed by atoms with Gasteiger partial charge in [-0.1, -0.05) is 13.0 Å². The molecule has 0 saturated carbocycles. The lowest BCUT2D eigenvalue weighted by Crippen LogP contribution is -1.97. The van der Waals surface area contributed by atoms with E-state index in [9.17, 15) is 0 Å². The lowest BCUT2D eigenvalue weighted by Gasteiger charge is -2.09. The second-order valence-electron chi connectivity index (χ2n) is 4.68. The zero-order chi connectivity index (χ0) is 14.1. The molecule has 0 fully saturated rings. The van der Waals surface area contributed by atoms with Crippen molar-refractivity contribution >= 4 is 11.2 Å². The average molecular weight is 268 g/mol. The molecule has 0 amide bonds. The standard InChI is InChI=1S/C15H16N4O/c1-3-11-4-5-14(12(16)9-11)20-15-13-8-10(2)18-19(13)7-6-17-15/h4-9H,3,16H2,1-2H3. The molecule has 0 aliphatic rings. The van der Waals surface area contributed by atoms with Crippen molar-refractivity contribution in [1.82, 2.24) is 14.6 Å². The van der Waals surface area contributed by atoms with Crippen molar-refractivity contribution in [3.8, 4) is 11.6 Å². The van der Waals surface area contributed by atoms with Crippen LogP contribution in [0.3, 0.4) is 0 Å². The van der Waals surface area contributed by atoms with Crippen molar-refractivity contribution < 1.29 is 4.74 Å². The zero-order valence-corrected chi connectivity index (χ0v) is 11.5. The van der Waals surface area contributed by atoms with Gasteiger partial charge in [0.15, 0.2) is 5.75 Å². The third-order valence-electron chi connectivity index (χ3n) is 3.17. The van der Waals surface area contributed by atoms with E-state index in [0.29, 0.717) is 17.3 Å². The molecule has 2 heterocycles. The Labute approximate surface area is 117 Å². The fourth-order valence-electron chi connectivity index (χ4n) is 2.11. The van der Waals surface area contributed by atoms with Crippen molar-refractivity contribution in [3.63, 3.8) is 0 Å². The predicted octanol–water partition coefficient (Wildman–Crippen LogP) is 2.97. The molecule has 0 atom stereocenters. The lowest BCUT2D eigenvalue weighted by molar-refractivity contribution is 0.467. The van der Waals surface area contributed by atoms with E-state index in [2.05, 4.69) is 17.0 Å². The fourth-order valence-corrected chi connectivity index (χ4v) is 2.11. The summed E-state index contributed by atoms with van der Waals surface area (Å²) in [5.74, 6) is 1.12. The number of rotatable bonds is 3. The molecule has 1 aromatic carbocycles. The van der Waals surface area contributed by atoms with Gasteiger partial charge >= 0.3 is 0 Å². The third kappa shape index (κ3) is 2.18. The normalized spacial score (nSPS) is 10.9. The van der Waals surface area contributed by atoms with E-state index in [-0.39, 0.29) is 0 Å². The molecule has 0 aliphatic carbocycles. The highest BCUT2D eigenvalue weighted by Crippen LogP contribution is 2.29. The van der Waals surface area contributed by atoms with Crippen molar-refractivity contribution in [2.24, 2.45) is 0 Å². The lowest BCUT2D eigenvalue weighted by atomic mass is 10.1. The van der Waals surface area contributed by atoms with Gasteiger partial charge in [-0.2, -0.15) is 5.10 Å². The predicted molar refractivity (Wildman–Crippen MR) is 78.0 cm³/mol. The van der Waals surface area contributed by atoms with Crippen LogP contribution in [0, 0.1) is 6.92 Å². The number of hydrogen-bond donors (Lipinski definition) is 1. The summed E-state index contributed by atoms with van der Waals surface area (Å²) in [5, 5.41) is 4.33. The van der Waals surface area contributed by atoms with Gasteiger partial charge in [0.1, 0.15) is 5.52 Å². The first kappa shape index (κ1) is 12.5. The van der Waals surface area contributed by atoms with Gasteiger partial charge in [0.05, 0.1) is 11.4 Å². The highest BCUT2D eigenvalue weighted by molar-refractivity contribution is 5.61. The molecule has 0 saturated heterocycles. The first-order valence-corrected chi connectivity index (χ1v) is 6.54. The summed E-state index contributed by atoms with van der Waals surface area (Å²) >= 11 is 0. The number of hydrogen-bond acceptors (Lipinski definition) is 4. The Morgan fingerprint density at radius 3 is 2.90 bits per heavy atom. The van der Waals surface area contributed by atoms with E-state index >= 15 is 0 Å². The van der Waals surface area contributed by atoms with Crippen LogP contribution in [0.15, 0.2) is 36.7 Å². The van der Waals surface area contributed by atoms with Gasteiger partial charge in [-0.3, -0.25) is 0 Å². The molecule has 5 nitrogen and oxygen atoms in total. The maximum atomic E-state index is 6.02. The molecule has 102 valence electrons. The molecule has 3 rings (SSSR count). The second-order valence-corrected chi connectivity index (χ2v) is 4.68. The monoisotopic (exact) mass is 268 g/mol. The topological polar surface area (TPSA) is 65.4 Å². The largest absolute Gasteiger partial charge is 0.435 e. The van der Waals surface area contributed by atoms with Crippen molar-refractivity contribution in [1.29, 1.82) is 0 Å². The second kappa shape index (κ2) is 4.85. The maximum Gasteiger partial charge on any atom is 0.245 e. The Bertz CT molecular complexity index is 764. The number of ether oxygens (including phenoxy) is 1. The van der Waals surface area contributed by atoms with Crippen LogP contribution >= 0.6 is 0 Å². The number of fused-ring (bicyclic) bond motifs is 1. The molecule has 0 bridgehead atoms. The van der Waals surface area contributed by atoms with Crippen molar-refractivity contribution in [2.75, 3.05) is 5.73 Å². The van der Waals surface area contributed by atoms with Gasteiger partial charge in [-0.05, 0) is 37.1 Å². The number of nitrogens with zero attached hydrogens (tertiary/aromatic N) is 3. The molecule has 5 heteroatoms. The zero-order valence-electron chi connectivity index (χ0n) is 11.5. The van der Waals surface area contributed by atoms with Crippen LogP contribution in [-0.4, -0.2) is 14.6 Å². The number of nitrogens with two attached hydrogens (primary N) is 1. The molecular formula is C15H16N4O. The van der Waals surface area contributed by atoms with Crippen LogP contribution in [-0.2, 0) is 6.42 Å². The Morgan fingerprint density at radius 1 is 1.30 bits per heavy atom. The number of nitrogen functional groups attached to an aromatic ring is 1. The third-order valence-corrected chi connectivity index (χ3v) is 3.17. The quantitative estimate of drug-likeness (QED) is 0.742. The number of aryl methyl sites for hydroxylation is 2. The smallest absolute Gasteiger partial charge is 0.245 e. The van der Waals surface area contributed by atoms with E-state index in [1.807, 2.05) is 31.2 Å². The first-order chi connectivity index (χ1) is 9.67. The van der Waals surface area contributed by atoms with E-state index < -0.39 is 0 Å². The molecule has 3 aromatic rings. The van der Waals surface area contributed by atoms with Crippen LogP contribution in [0.1, 0.15) is 18.2 Å². The van der Waals surface area contributed by atoms with Crippen LogP contribution in [0.2, 0.25) is 0 Å². The maximum absolute atomic E-state index is 6.02. The Hall–Kier alpha value is -2.56. The van der Waals surface area contributed by atoms with Crippen LogP contribution in [0.4, 0.5) is 5.69 Å². The summed E-state index contributed by atoms with van der Waals surface area (Å²) in [6.07, 6.45) is 4.39. The summed E-state index contributed by atoms with van der Waals surface area (Å²) in [7, 11) is 0. The minimum atomic E-state index is 0.504. The van der Waals surface area contributed by atoms with Crippen molar-refractivity contribution in [3.05, 3.63) is 47.9 Å². The van der Waals surface area contributed by atoms with E-state index in [1.54, 1.807) is 16.9 Å². The Morgan fingerprint density at radius 2 is 2.15 bits per heavy atom. The highest BCUT2D eigenvalue weighted by atomic mass is 16.5. The Balaban J connectivity index is 2.01. The molecule has 0 spiro atoms. The van der Waals surface area contributed by atoms with E-state index in [0.717, 1.165) is 17.6 Å². The van der Waals surface area contributed by atoms with Gasteiger partial charge < -0.3 is 10.5 Å². The molecule has 0 radical (unpaired) electrons. The molecule has 0 unspecified atom stereocenters. The molecular weight excluding hydrogens is 252 g/mol. The molecule has 2 aromatic heterocycles. The van der Waals surface area contributed by atoms with Gasteiger partial charge in [-0.15, -0.1) is 0 Å². The van der Waals surface area contributed by atoms with Gasteiger partial charge in [0.25, 0.3) is 0 Å². The highest BCUT2D eigenvalue weighted by Gasteiger charge is 2.09. The summed E-state index contributed by atoms with van der Waals surface area (Å²) < 4.78 is 7.58. The number of benzene rings is 1. The van der Waals surface area contributed by atoms with Gasteiger partial charge in [0, 0.05) is 12.4 Å². The summed E-state index contributed by atoms with van der Waals surface area (Å²) in [4.78, 5) is 4.26. The molecule has 2 N–H and O–H groups in total. The number of anilines is 1. The summed E-state index contributed by atoms with van der Waals surface area (Å²) in [6.45, 7) is 4.02. The fraction of sp³-hybridized carbons (Fsp3) is 0.200.